The summed E-state index contributed by atoms with van der Waals surface area (Å²) >= 11 is 18.0. The maximum atomic E-state index is 12.4. The Hall–Kier alpha value is -1.42. The molecule has 1 amide bonds. The monoisotopic (exact) mass is 370 g/mol. The number of hydrogen-bond donors (Lipinski definition) is 2. The molecule has 0 aliphatic rings. The van der Waals surface area contributed by atoms with Crippen LogP contribution in [0.3, 0.4) is 0 Å². The van der Waals surface area contributed by atoms with E-state index in [0.717, 1.165) is 16.8 Å². The standard InChI is InChI=1S/C17H17Cl3N2O/c1-11-5-3-7-13(9-11)15(23)22-16(17(18,19)20)21-14-8-4-6-12(2)10-14/h3-10,16,21H,1-2H3,(H,22,23)/t16-/m0/s1. The van der Waals surface area contributed by atoms with Crippen LogP contribution in [-0.4, -0.2) is 15.9 Å². The number of anilines is 1. The van der Waals surface area contributed by atoms with Crippen molar-refractivity contribution in [2.75, 3.05) is 5.32 Å². The largest absolute Gasteiger partial charge is 0.362 e. The van der Waals surface area contributed by atoms with Crippen molar-refractivity contribution in [1.29, 1.82) is 0 Å². The third kappa shape index (κ3) is 5.31. The molecule has 0 saturated heterocycles. The first-order valence-electron chi connectivity index (χ1n) is 7.03. The van der Waals surface area contributed by atoms with E-state index in [-0.39, 0.29) is 5.91 Å². The molecule has 0 radical (unpaired) electrons. The summed E-state index contributed by atoms with van der Waals surface area (Å²) in [5.74, 6) is -0.315. The second-order valence-electron chi connectivity index (χ2n) is 5.33. The molecule has 23 heavy (non-hydrogen) atoms. The summed E-state index contributed by atoms with van der Waals surface area (Å²) in [4.78, 5) is 12.4. The highest BCUT2D eigenvalue weighted by Gasteiger charge is 2.34. The molecule has 0 aliphatic carbocycles. The molecule has 2 N–H and O–H groups in total. The molecule has 122 valence electrons. The third-order valence-corrected chi connectivity index (χ3v) is 3.87. The van der Waals surface area contributed by atoms with Crippen molar-refractivity contribution in [3.8, 4) is 0 Å². The van der Waals surface area contributed by atoms with E-state index in [9.17, 15) is 4.79 Å². The Morgan fingerprint density at radius 1 is 1.00 bits per heavy atom. The van der Waals surface area contributed by atoms with Gasteiger partial charge >= 0.3 is 0 Å². The lowest BCUT2D eigenvalue weighted by Gasteiger charge is -2.27. The smallest absolute Gasteiger partial charge is 0.252 e. The molecule has 0 spiro atoms. The van der Waals surface area contributed by atoms with Crippen molar-refractivity contribution in [3.63, 3.8) is 0 Å². The maximum Gasteiger partial charge on any atom is 0.252 e. The van der Waals surface area contributed by atoms with Crippen molar-refractivity contribution in [1.82, 2.24) is 5.32 Å². The fourth-order valence-electron chi connectivity index (χ4n) is 2.10. The molecule has 0 aliphatic heterocycles. The number of amides is 1. The van der Waals surface area contributed by atoms with Gasteiger partial charge in [-0.2, -0.15) is 0 Å². The first-order chi connectivity index (χ1) is 10.8. The Balaban J connectivity index is 2.18. The molecular weight excluding hydrogens is 355 g/mol. The average molecular weight is 372 g/mol. The molecule has 0 heterocycles. The zero-order chi connectivity index (χ0) is 17.0. The van der Waals surface area contributed by atoms with Gasteiger partial charge in [-0.3, -0.25) is 4.79 Å². The van der Waals surface area contributed by atoms with E-state index in [4.69, 9.17) is 34.8 Å². The quantitative estimate of drug-likeness (QED) is 0.596. The highest BCUT2D eigenvalue weighted by atomic mass is 35.6. The van der Waals surface area contributed by atoms with Gasteiger partial charge in [0.15, 0.2) is 0 Å². The first-order valence-corrected chi connectivity index (χ1v) is 8.16. The van der Waals surface area contributed by atoms with Gasteiger partial charge in [0.05, 0.1) is 0 Å². The fraction of sp³-hybridized carbons (Fsp3) is 0.235. The number of aryl methyl sites for hydroxylation is 2. The summed E-state index contributed by atoms with van der Waals surface area (Å²) in [5.41, 5.74) is 3.30. The van der Waals surface area contributed by atoms with E-state index in [1.54, 1.807) is 12.1 Å². The van der Waals surface area contributed by atoms with Crippen LogP contribution in [0.25, 0.3) is 0 Å². The van der Waals surface area contributed by atoms with Gasteiger partial charge in [-0.25, -0.2) is 0 Å². The van der Waals surface area contributed by atoms with Crippen molar-refractivity contribution >= 4 is 46.4 Å². The van der Waals surface area contributed by atoms with E-state index < -0.39 is 9.96 Å². The van der Waals surface area contributed by atoms with E-state index in [0.29, 0.717) is 5.56 Å². The normalized spacial score (nSPS) is 12.6. The van der Waals surface area contributed by atoms with Crippen molar-refractivity contribution in [2.24, 2.45) is 0 Å². The van der Waals surface area contributed by atoms with Crippen molar-refractivity contribution in [2.45, 2.75) is 23.8 Å². The predicted octanol–water partition coefficient (Wildman–Crippen LogP) is 4.84. The molecule has 0 aromatic heterocycles. The third-order valence-electron chi connectivity index (χ3n) is 3.21. The van der Waals surface area contributed by atoms with Gasteiger partial charge in [-0.15, -0.1) is 0 Å². The average Bonchev–Trinajstić information content (AvgIpc) is 2.45. The van der Waals surface area contributed by atoms with Gasteiger partial charge in [0.2, 0.25) is 3.79 Å². The number of rotatable bonds is 4. The van der Waals surface area contributed by atoms with Crippen LogP contribution in [0.4, 0.5) is 5.69 Å². The maximum absolute atomic E-state index is 12.4. The molecule has 2 aromatic rings. The summed E-state index contributed by atoms with van der Waals surface area (Å²) in [6.45, 7) is 3.87. The topological polar surface area (TPSA) is 41.1 Å². The molecule has 0 unspecified atom stereocenters. The fourth-order valence-corrected chi connectivity index (χ4v) is 2.43. The summed E-state index contributed by atoms with van der Waals surface area (Å²) in [6.07, 6.45) is -0.873. The van der Waals surface area contributed by atoms with E-state index >= 15 is 0 Å². The summed E-state index contributed by atoms with van der Waals surface area (Å²) in [5, 5.41) is 5.77. The second kappa shape index (κ2) is 7.43. The Labute approximate surface area is 150 Å². The van der Waals surface area contributed by atoms with Gasteiger partial charge in [0.25, 0.3) is 5.91 Å². The minimum atomic E-state index is -1.71. The molecule has 0 fully saturated rings. The van der Waals surface area contributed by atoms with Crippen LogP contribution in [0.5, 0.6) is 0 Å². The Morgan fingerprint density at radius 2 is 1.61 bits per heavy atom. The number of carbonyl (C=O) groups excluding carboxylic acids is 1. The molecule has 3 nitrogen and oxygen atoms in total. The summed E-state index contributed by atoms with van der Waals surface area (Å²) in [7, 11) is 0. The number of nitrogens with one attached hydrogen (secondary N) is 2. The van der Waals surface area contributed by atoms with Gasteiger partial charge in [-0.05, 0) is 43.7 Å². The molecule has 2 rings (SSSR count). The molecule has 1 atom stereocenters. The molecule has 0 saturated carbocycles. The Bertz CT molecular complexity index is 698. The number of halogens is 3. The first kappa shape index (κ1) is 17.9. The number of carbonyl (C=O) groups is 1. The number of alkyl halides is 3. The van der Waals surface area contributed by atoms with Crippen LogP contribution in [0.2, 0.25) is 0 Å². The minimum absolute atomic E-state index is 0.315. The highest BCUT2D eigenvalue weighted by molar-refractivity contribution is 6.68. The second-order valence-corrected chi connectivity index (χ2v) is 7.70. The van der Waals surface area contributed by atoms with E-state index in [1.165, 1.54) is 0 Å². The molecule has 6 heteroatoms. The van der Waals surface area contributed by atoms with E-state index in [2.05, 4.69) is 10.6 Å². The lowest BCUT2D eigenvalue weighted by Crippen LogP contribution is -2.49. The Kier molecular flexibility index (Phi) is 5.79. The number of hydrogen-bond acceptors (Lipinski definition) is 2. The van der Waals surface area contributed by atoms with Gasteiger partial charge in [-0.1, -0.05) is 64.6 Å². The lowest BCUT2D eigenvalue weighted by atomic mass is 10.1. The SMILES string of the molecule is Cc1cccc(N[C@@H](NC(=O)c2cccc(C)c2)C(Cl)(Cl)Cl)c1. The van der Waals surface area contributed by atoms with Gasteiger partial charge in [0, 0.05) is 11.3 Å². The molecule has 2 aromatic carbocycles. The van der Waals surface area contributed by atoms with E-state index in [1.807, 2.05) is 50.2 Å². The summed E-state index contributed by atoms with van der Waals surface area (Å²) in [6, 6.07) is 14.8. The van der Waals surface area contributed by atoms with Crippen molar-refractivity contribution < 1.29 is 4.79 Å². The van der Waals surface area contributed by atoms with Gasteiger partial charge in [0.1, 0.15) is 6.17 Å². The minimum Gasteiger partial charge on any atom is -0.362 e. The number of benzene rings is 2. The predicted molar refractivity (Wildman–Crippen MR) is 97.5 cm³/mol. The lowest BCUT2D eigenvalue weighted by molar-refractivity contribution is 0.0942. The van der Waals surface area contributed by atoms with Crippen molar-refractivity contribution in [3.05, 3.63) is 65.2 Å². The van der Waals surface area contributed by atoms with Gasteiger partial charge < -0.3 is 10.6 Å². The van der Waals surface area contributed by atoms with Crippen LogP contribution in [0, 0.1) is 13.8 Å². The molecule has 0 bridgehead atoms. The van der Waals surface area contributed by atoms with Crippen LogP contribution >= 0.6 is 34.8 Å². The van der Waals surface area contributed by atoms with Crippen LogP contribution in [0.1, 0.15) is 21.5 Å². The van der Waals surface area contributed by atoms with Crippen LogP contribution in [-0.2, 0) is 0 Å². The Morgan fingerprint density at radius 3 is 2.17 bits per heavy atom. The van der Waals surface area contributed by atoms with Crippen LogP contribution < -0.4 is 10.6 Å². The zero-order valence-electron chi connectivity index (χ0n) is 12.7. The highest BCUT2D eigenvalue weighted by Crippen LogP contribution is 2.31. The van der Waals surface area contributed by atoms with Crippen LogP contribution in [0.15, 0.2) is 48.5 Å². The molecular formula is C17H17Cl3N2O. The zero-order valence-corrected chi connectivity index (χ0v) is 15.0. The summed E-state index contributed by atoms with van der Waals surface area (Å²) < 4.78 is -1.71.